The number of aromatic nitrogens is 2. The summed E-state index contributed by atoms with van der Waals surface area (Å²) in [4.78, 5) is 15.4. The summed E-state index contributed by atoms with van der Waals surface area (Å²) in [6.45, 7) is 0.276. The highest BCUT2D eigenvalue weighted by atomic mass is 32.1. The lowest BCUT2D eigenvalue weighted by Crippen LogP contribution is -2.41. The van der Waals surface area contributed by atoms with E-state index >= 15 is 0 Å². The smallest absolute Gasteiger partial charge is 0.269 e. The molecule has 0 bridgehead atoms. The van der Waals surface area contributed by atoms with E-state index in [1.807, 2.05) is 30.3 Å². The molecule has 1 amide bonds. The van der Waals surface area contributed by atoms with Crippen LogP contribution in [0, 0.1) is 4.77 Å². The summed E-state index contributed by atoms with van der Waals surface area (Å²) in [5, 5.41) is 13.2. The van der Waals surface area contributed by atoms with Crippen LogP contribution in [-0.4, -0.2) is 32.7 Å². The van der Waals surface area contributed by atoms with Gasteiger partial charge in [-0.2, -0.15) is 0 Å². The lowest BCUT2D eigenvalue weighted by Gasteiger charge is -2.22. The van der Waals surface area contributed by atoms with Gasteiger partial charge in [0.05, 0.1) is 5.60 Å². The molecular formula is C16H19N3O2S. The molecule has 1 aliphatic carbocycles. The van der Waals surface area contributed by atoms with E-state index in [0.29, 0.717) is 10.5 Å². The number of carbonyl (C=O) groups excluding carboxylic acids is 1. The zero-order chi connectivity index (χ0) is 15.6. The second-order valence-corrected chi connectivity index (χ2v) is 6.15. The summed E-state index contributed by atoms with van der Waals surface area (Å²) in [6.07, 6.45) is 5.10. The second kappa shape index (κ2) is 6.06. The molecule has 22 heavy (non-hydrogen) atoms. The average Bonchev–Trinajstić information content (AvgIpc) is 3.13. The number of aliphatic hydroxyl groups is 1. The van der Waals surface area contributed by atoms with Crippen LogP contribution in [0.5, 0.6) is 0 Å². The maximum Gasteiger partial charge on any atom is 0.269 e. The van der Waals surface area contributed by atoms with Gasteiger partial charge in [-0.3, -0.25) is 9.36 Å². The number of nitrogens with one attached hydrogen (secondary N) is 2. The van der Waals surface area contributed by atoms with E-state index in [1.165, 1.54) is 0 Å². The number of para-hydroxylation sites is 1. The minimum absolute atomic E-state index is 0.239. The zero-order valence-corrected chi connectivity index (χ0v) is 13.0. The first-order chi connectivity index (χ1) is 10.6. The molecular weight excluding hydrogens is 298 g/mol. The Kier molecular flexibility index (Phi) is 4.13. The van der Waals surface area contributed by atoms with E-state index in [2.05, 4.69) is 10.3 Å². The Hall–Kier alpha value is -1.92. The number of imidazole rings is 1. The van der Waals surface area contributed by atoms with Crippen molar-refractivity contribution in [1.82, 2.24) is 14.9 Å². The summed E-state index contributed by atoms with van der Waals surface area (Å²) < 4.78 is 2.17. The third-order valence-corrected chi connectivity index (χ3v) is 4.44. The van der Waals surface area contributed by atoms with Gasteiger partial charge in [0.15, 0.2) is 4.77 Å². The van der Waals surface area contributed by atoms with Gasteiger partial charge in [0.1, 0.15) is 5.69 Å². The van der Waals surface area contributed by atoms with Crippen molar-refractivity contribution in [2.45, 2.75) is 31.3 Å². The molecule has 6 heteroatoms. The number of H-pyrrole nitrogens is 1. The van der Waals surface area contributed by atoms with E-state index in [-0.39, 0.29) is 12.5 Å². The monoisotopic (exact) mass is 317 g/mol. The van der Waals surface area contributed by atoms with Crippen molar-refractivity contribution in [1.29, 1.82) is 0 Å². The SMILES string of the molecule is O=C(NCC1(O)CCCC1)c1c[nH]c(=S)n1-c1ccccc1. The Morgan fingerprint density at radius 1 is 1.32 bits per heavy atom. The van der Waals surface area contributed by atoms with Crippen molar-refractivity contribution in [3.8, 4) is 5.69 Å². The third-order valence-electron chi connectivity index (χ3n) is 4.14. The van der Waals surface area contributed by atoms with Crippen molar-refractivity contribution < 1.29 is 9.90 Å². The molecule has 3 rings (SSSR count). The molecule has 0 atom stereocenters. The molecule has 2 aromatic rings. The lowest BCUT2D eigenvalue weighted by molar-refractivity contribution is 0.0448. The highest BCUT2D eigenvalue weighted by molar-refractivity contribution is 7.71. The number of aromatic amines is 1. The Labute approximate surface area is 134 Å². The minimum atomic E-state index is -0.764. The van der Waals surface area contributed by atoms with E-state index in [4.69, 9.17) is 12.2 Å². The summed E-state index contributed by atoms with van der Waals surface area (Å²) in [5.41, 5.74) is 0.511. The Bertz CT molecular complexity index is 714. The van der Waals surface area contributed by atoms with Gasteiger partial charge in [-0.05, 0) is 37.2 Å². The molecule has 1 heterocycles. The fourth-order valence-corrected chi connectivity index (χ4v) is 3.18. The van der Waals surface area contributed by atoms with Crippen LogP contribution >= 0.6 is 12.2 Å². The predicted molar refractivity (Wildman–Crippen MR) is 86.7 cm³/mol. The zero-order valence-electron chi connectivity index (χ0n) is 12.2. The standard InChI is InChI=1S/C16H19N3O2S/c20-14(18-11-16(21)8-4-5-9-16)13-10-17-15(22)19(13)12-6-2-1-3-7-12/h1-3,6-7,10,21H,4-5,8-9,11H2,(H,17,22)(H,18,20). The predicted octanol–water partition coefficient (Wildman–Crippen LogP) is 2.57. The maximum atomic E-state index is 12.4. The minimum Gasteiger partial charge on any atom is -0.388 e. The Morgan fingerprint density at radius 3 is 2.68 bits per heavy atom. The van der Waals surface area contributed by atoms with Gasteiger partial charge in [0.25, 0.3) is 5.91 Å². The molecule has 3 N–H and O–H groups in total. The van der Waals surface area contributed by atoms with Crippen molar-refractivity contribution in [2.24, 2.45) is 0 Å². The number of carbonyl (C=O) groups is 1. The van der Waals surface area contributed by atoms with Gasteiger partial charge in [-0.15, -0.1) is 0 Å². The number of nitrogens with zero attached hydrogens (tertiary/aromatic N) is 1. The van der Waals surface area contributed by atoms with Crippen molar-refractivity contribution in [2.75, 3.05) is 6.54 Å². The maximum absolute atomic E-state index is 12.4. The molecule has 0 spiro atoms. The summed E-state index contributed by atoms with van der Waals surface area (Å²) >= 11 is 5.27. The Balaban J connectivity index is 1.80. The molecule has 0 unspecified atom stereocenters. The van der Waals surface area contributed by atoms with Crippen LogP contribution in [-0.2, 0) is 0 Å². The number of rotatable bonds is 4. The summed E-state index contributed by atoms with van der Waals surface area (Å²) in [7, 11) is 0. The van der Waals surface area contributed by atoms with Crippen LogP contribution in [0.2, 0.25) is 0 Å². The van der Waals surface area contributed by atoms with Crippen LogP contribution < -0.4 is 5.32 Å². The number of benzene rings is 1. The molecule has 1 aromatic heterocycles. The quantitative estimate of drug-likeness (QED) is 0.759. The molecule has 1 aliphatic rings. The fraction of sp³-hybridized carbons (Fsp3) is 0.375. The van der Waals surface area contributed by atoms with Gasteiger partial charge in [-0.25, -0.2) is 0 Å². The first-order valence-corrected chi connectivity index (χ1v) is 7.86. The third kappa shape index (κ3) is 2.98. The van der Waals surface area contributed by atoms with Gasteiger partial charge >= 0.3 is 0 Å². The largest absolute Gasteiger partial charge is 0.388 e. The van der Waals surface area contributed by atoms with E-state index in [9.17, 15) is 9.90 Å². The van der Waals surface area contributed by atoms with Gasteiger partial charge < -0.3 is 15.4 Å². The average molecular weight is 317 g/mol. The normalized spacial score (nSPS) is 16.6. The van der Waals surface area contributed by atoms with E-state index in [0.717, 1.165) is 31.4 Å². The summed E-state index contributed by atoms with van der Waals surface area (Å²) in [5.74, 6) is -0.239. The first-order valence-electron chi connectivity index (χ1n) is 7.45. The molecule has 1 aromatic carbocycles. The van der Waals surface area contributed by atoms with E-state index < -0.39 is 5.60 Å². The molecule has 1 fully saturated rings. The molecule has 5 nitrogen and oxygen atoms in total. The van der Waals surface area contributed by atoms with Gasteiger partial charge in [0, 0.05) is 18.4 Å². The molecule has 1 saturated carbocycles. The van der Waals surface area contributed by atoms with Crippen molar-refractivity contribution in [3.05, 3.63) is 47.0 Å². The van der Waals surface area contributed by atoms with E-state index in [1.54, 1.807) is 10.8 Å². The highest BCUT2D eigenvalue weighted by Gasteiger charge is 2.31. The Morgan fingerprint density at radius 2 is 2.00 bits per heavy atom. The number of hydrogen-bond donors (Lipinski definition) is 3. The van der Waals surface area contributed by atoms with Crippen LogP contribution in [0.1, 0.15) is 36.2 Å². The van der Waals surface area contributed by atoms with Crippen LogP contribution in [0.15, 0.2) is 36.5 Å². The van der Waals surface area contributed by atoms with Crippen molar-refractivity contribution in [3.63, 3.8) is 0 Å². The highest BCUT2D eigenvalue weighted by Crippen LogP contribution is 2.28. The van der Waals surface area contributed by atoms with Crippen molar-refractivity contribution >= 4 is 18.1 Å². The molecule has 116 valence electrons. The van der Waals surface area contributed by atoms with Crippen LogP contribution in [0.4, 0.5) is 0 Å². The first kappa shape index (κ1) is 15.0. The molecule has 0 saturated heterocycles. The number of amides is 1. The molecule has 0 aliphatic heterocycles. The number of hydrogen-bond acceptors (Lipinski definition) is 3. The van der Waals surface area contributed by atoms with Crippen LogP contribution in [0.3, 0.4) is 0 Å². The van der Waals surface area contributed by atoms with Crippen LogP contribution in [0.25, 0.3) is 5.69 Å². The molecule has 0 radical (unpaired) electrons. The fourth-order valence-electron chi connectivity index (χ4n) is 2.91. The lowest BCUT2D eigenvalue weighted by atomic mass is 10.0. The van der Waals surface area contributed by atoms with Gasteiger partial charge in [0.2, 0.25) is 0 Å². The summed E-state index contributed by atoms with van der Waals surface area (Å²) in [6, 6.07) is 9.49. The topological polar surface area (TPSA) is 70.1 Å². The second-order valence-electron chi connectivity index (χ2n) is 5.76. The van der Waals surface area contributed by atoms with Gasteiger partial charge in [-0.1, -0.05) is 31.0 Å².